The van der Waals surface area contributed by atoms with E-state index in [-0.39, 0.29) is 5.91 Å². The minimum atomic E-state index is -0.0770. The van der Waals surface area contributed by atoms with Crippen LogP contribution in [0.15, 0.2) is 51.3 Å². The zero-order valence-corrected chi connectivity index (χ0v) is 16.7. The number of carbonyl (C=O) groups is 1. The highest BCUT2D eigenvalue weighted by molar-refractivity contribution is 9.10. The van der Waals surface area contributed by atoms with Gasteiger partial charge in [-0.2, -0.15) is 4.99 Å². The zero-order valence-electron chi connectivity index (χ0n) is 13.5. The number of hydrogen-bond donors (Lipinski definition) is 0. The van der Waals surface area contributed by atoms with Crippen LogP contribution in [0.25, 0.3) is 6.08 Å². The first-order valence-corrected chi connectivity index (χ1v) is 10.0. The van der Waals surface area contributed by atoms with Crippen molar-refractivity contribution in [2.45, 2.75) is 13.3 Å². The van der Waals surface area contributed by atoms with E-state index in [1.165, 1.54) is 23.1 Å². The van der Waals surface area contributed by atoms with Crippen molar-refractivity contribution in [2.75, 3.05) is 6.54 Å². The summed E-state index contributed by atoms with van der Waals surface area (Å²) in [5, 5.41) is 10.2. The van der Waals surface area contributed by atoms with Gasteiger partial charge in [-0.1, -0.05) is 52.4 Å². The van der Waals surface area contributed by atoms with Crippen LogP contribution in [0.1, 0.15) is 17.5 Å². The van der Waals surface area contributed by atoms with Crippen molar-refractivity contribution >= 4 is 61.3 Å². The minimum absolute atomic E-state index is 0.0770. The molecule has 2 heterocycles. The molecule has 3 rings (SSSR count). The fourth-order valence-corrected chi connectivity index (χ4v) is 4.07. The summed E-state index contributed by atoms with van der Waals surface area (Å²) in [7, 11) is 0. The van der Waals surface area contributed by atoms with Gasteiger partial charge < -0.3 is 0 Å². The summed E-state index contributed by atoms with van der Waals surface area (Å²) in [6.07, 6.45) is 4.38. The number of aromatic nitrogens is 2. The zero-order chi connectivity index (χ0) is 17.8. The van der Waals surface area contributed by atoms with E-state index >= 15 is 0 Å². The second-order valence-electron chi connectivity index (χ2n) is 5.09. The van der Waals surface area contributed by atoms with Crippen LogP contribution in [-0.4, -0.2) is 32.7 Å². The Kier molecular flexibility index (Phi) is 5.82. The van der Waals surface area contributed by atoms with E-state index in [0.29, 0.717) is 21.7 Å². The molecule has 1 amide bonds. The minimum Gasteiger partial charge on any atom is -0.282 e. The molecule has 8 heteroatoms. The number of hydrogen-bond acceptors (Lipinski definition) is 6. The Hall–Kier alpha value is -1.77. The molecule has 128 valence electrons. The molecular weight excluding hydrogens is 420 g/mol. The Morgan fingerprint density at radius 1 is 1.32 bits per heavy atom. The van der Waals surface area contributed by atoms with Crippen LogP contribution in [0.2, 0.25) is 0 Å². The number of benzene rings is 1. The molecule has 0 unspecified atom stereocenters. The van der Waals surface area contributed by atoms with Crippen molar-refractivity contribution in [3.05, 3.63) is 56.9 Å². The normalized spacial score (nSPS) is 17.7. The molecular formula is C17H15BrN4OS2. The van der Waals surface area contributed by atoms with Gasteiger partial charge in [0, 0.05) is 11.0 Å². The lowest BCUT2D eigenvalue weighted by Crippen LogP contribution is -2.29. The lowest BCUT2D eigenvalue weighted by atomic mass is 10.2. The van der Waals surface area contributed by atoms with E-state index < -0.39 is 0 Å². The largest absolute Gasteiger partial charge is 0.282 e. The Labute approximate surface area is 162 Å². The standard InChI is InChI=1S/C17H15BrN4OS2/c1-3-9-22-15(23)13(10-11-5-7-12(18)8-6-11)24-17(22)19-16-21-20-14(4-2)25-16/h3,5-8,10H,1,4,9H2,2H3/b13-10-,19-17-. The first kappa shape index (κ1) is 18.0. The maximum absolute atomic E-state index is 12.7. The lowest BCUT2D eigenvalue weighted by molar-refractivity contribution is -0.121. The maximum Gasteiger partial charge on any atom is 0.267 e. The van der Waals surface area contributed by atoms with Crippen molar-refractivity contribution in [1.82, 2.24) is 15.1 Å². The number of rotatable bonds is 5. The Bertz CT molecular complexity index is 858. The SMILES string of the molecule is C=CCN1C(=O)/C(=C/c2ccc(Br)cc2)S/C1=N\c1nnc(CC)s1. The number of amides is 1. The monoisotopic (exact) mass is 434 g/mol. The van der Waals surface area contributed by atoms with Gasteiger partial charge in [0.15, 0.2) is 5.17 Å². The molecule has 0 saturated carbocycles. The van der Waals surface area contributed by atoms with E-state index in [4.69, 9.17) is 0 Å². The van der Waals surface area contributed by atoms with Crippen LogP contribution in [0.4, 0.5) is 5.13 Å². The van der Waals surface area contributed by atoms with E-state index in [0.717, 1.165) is 21.5 Å². The Balaban J connectivity index is 1.91. The molecule has 5 nitrogen and oxygen atoms in total. The molecule has 0 N–H and O–H groups in total. The number of aliphatic imine (C=N–C) groups is 1. The van der Waals surface area contributed by atoms with Crippen molar-refractivity contribution in [1.29, 1.82) is 0 Å². The fourth-order valence-electron chi connectivity index (χ4n) is 2.11. The Morgan fingerprint density at radius 2 is 2.08 bits per heavy atom. The summed E-state index contributed by atoms with van der Waals surface area (Å²) in [5.74, 6) is -0.0770. The maximum atomic E-state index is 12.7. The third kappa shape index (κ3) is 4.26. The molecule has 1 aliphatic heterocycles. The van der Waals surface area contributed by atoms with Crippen LogP contribution in [0, 0.1) is 0 Å². The van der Waals surface area contributed by atoms with Crippen molar-refractivity contribution in [2.24, 2.45) is 4.99 Å². The van der Waals surface area contributed by atoms with Crippen molar-refractivity contribution in [3.8, 4) is 0 Å². The molecule has 0 atom stereocenters. The summed E-state index contributed by atoms with van der Waals surface area (Å²) in [6, 6.07) is 7.80. The lowest BCUT2D eigenvalue weighted by Gasteiger charge is -2.11. The molecule has 0 radical (unpaired) electrons. The van der Waals surface area contributed by atoms with Gasteiger partial charge in [-0.3, -0.25) is 9.69 Å². The van der Waals surface area contributed by atoms with Gasteiger partial charge in [0.1, 0.15) is 5.01 Å². The van der Waals surface area contributed by atoms with Crippen molar-refractivity contribution < 1.29 is 4.79 Å². The van der Waals surface area contributed by atoms with Gasteiger partial charge in [0.2, 0.25) is 5.13 Å². The molecule has 25 heavy (non-hydrogen) atoms. The van der Waals surface area contributed by atoms with Gasteiger partial charge in [0.05, 0.1) is 4.91 Å². The third-order valence-electron chi connectivity index (χ3n) is 3.32. The second-order valence-corrected chi connectivity index (χ2v) is 8.06. The van der Waals surface area contributed by atoms with Crippen LogP contribution in [-0.2, 0) is 11.2 Å². The molecule has 1 aliphatic rings. The van der Waals surface area contributed by atoms with Crippen LogP contribution in [0.3, 0.4) is 0 Å². The van der Waals surface area contributed by atoms with Crippen LogP contribution in [0.5, 0.6) is 0 Å². The molecule has 1 fully saturated rings. The average molecular weight is 435 g/mol. The average Bonchev–Trinajstić information content (AvgIpc) is 3.17. The van der Waals surface area contributed by atoms with E-state index in [9.17, 15) is 4.79 Å². The third-order valence-corrected chi connectivity index (χ3v) is 5.81. The Morgan fingerprint density at radius 3 is 2.72 bits per heavy atom. The van der Waals surface area contributed by atoms with Gasteiger partial charge in [-0.25, -0.2) is 0 Å². The fraction of sp³-hybridized carbons (Fsp3) is 0.176. The number of carbonyl (C=O) groups excluding carboxylic acids is 1. The molecule has 0 spiro atoms. The highest BCUT2D eigenvalue weighted by Crippen LogP contribution is 2.34. The summed E-state index contributed by atoms with van der Waals surface area (Å²) in [4.78, 5) is 19.4. The number of halogens is 1. The quantitative estimate of drug-likeness (QED) is 0.507. The number of thioether (sulfide) groups is 1. The van der Waals surface area contributed by atoms with Crippen LogP contribution < -0.4 is 0 Å². The second kappa shape index (κ2) is 8.07. The highest BCUT2D eigenvalue weighted by atomic mass is 79.9. The molecule has 1 aromatic carbocycles. The summed E-state index contributed by atoms with van der Waals surface area (Å²) >= 11 is 6.19. The molecule has 2 aromatic rings. The molecule has 1 saturated heterocycles. The van der Waals surface area contributed by atoms with Crippen molar-refractivity contribution in [3.63, 3.8) is 0 Å². The number of nitrogens with zero attached hydrogens (tertiary/aromatic N) is 4. The predicted molar refractivity (Wildman–Crippen MR) is 108 cm³/mol. The first-order valence-electron chi connectivity index (χ1n) is 7.59. The molecule has 0 aliphatic carbocycles. The summed E-state index contributed by atoms with van der Waals surface area (Å²) < 4.78 is 0.999. The van der Waals surface area contributed by atoms with E-state index in [2.05, 4.69) is 37.7 Å². The van der Waals surface area contributed by atoms with Gasteiger partial charge in [0.25, 0.3) is 5.91 Å². The highest BCUT2D eigenvalue weighted by Gasteiger charge is 2.32. The topological polar surface area (TPSA) is 58.5 Å². The van der Waals surface area contributed by atoms with Gasteiger partial charge >= 0.3 is 0 Å². The summed E-state index contributed by atoms with van der Waals surface area (Å²) in [6.45, 7) is 6.15. The molecule has 0 bridgehead atoms. The number of aryl methyl sites for hydroxylation is 1. The van der Waals surface area contributed by atoms with Gasteiger partial charge in [-0.05, 0) is 42.0 Å². The smallest absolute Gasteiger partial charge is 0.267 e. The van der Waals surface area contributed by atoms with Crippen LogP contribution >= 0.6 is 39.0 Å². The van der Waals surface area contributed by atoms with E-state index in [1.807, 2.05) is 37.3 Å². The predicted octanol–water partition coefficient (Wildman–Crippen LogP) is 4.65. The molecule has 1 aromatic heterocycles. The first-order chi connectivity index (χ1) is 12.1. The van der Waals surface area contributed by atoms with Gasteiger partial charge in [-0.15, -0.1) is 16.8 Å². The summed E-state index contributed by atoms with van der Waals surface area (Å²) in [5.41, 5.74) is 0.961. The van der Waals surface area contributed by atoms with E-state index in [1.54, 1.807) is 11.0 Å². The number of amidine groups is 1.